The fourth-order valence-corrected chi connectivity index (χ4v) is 3.36. The Labute approximate surface area is 134 Å². The quantitative estimate of drug-likeness (QED) is 0.553. The highest BCUT2D eigenvalue weighted by Gasteiger charge is 2.17. The van der Waals surface area contributed by atoms with Crippen LogP contribution in [0.3, 0.4) is 0 Å². The molecule has 22 heavy (non-hydrogen) atoms. The second-order valence-corrected chi connectivity index (χ2v) is 6.22. The summed E-state index contributed by atoms with van der Waals surface area (Å²) >= 11 is 1.89. The van der Waals surface area contributed by atoms with E-state index in [1.807, 2.05) is 17.8 Å². The monoisotopic (exact) mass is 326 g/mol. The van der Waals surface area contributed by atoms with E-state index in [4.69, 9.17) is 15.3 Å². The van der Waals surface area contributed by atoms with E-state index in [0.717, 1.165) is 56.8 Å². The number of ether oxygens (including phenoxy) is 2. The summed E-state index contributed by atoms with van der Waals surface area (Å²) in [5, 5.41) is 0. The predicted molar refractivity (Wildman–Crippen MR) is 87.3 cm³/mol. The molecular formula is C13H22N6O2S. The molecule has 2 saturated heterocycles. The first-order valence-electron chi connectivity index (χ1n) is 7.46. The number of hydrazine groups is 1. The highest BCUT2D eigenvalue weighted by atomic mass is 32.2. The van der Waals surface area contributed by atoms with Gasteiger partial charge < -0.3 is 19.8 Å². The van der Waals surface area contributed by atoms with Gasteiger partial charge in [0, 0.05) is 38.0 Å². The summed E-state index contributed by atoms with van der Waals surface area (Å²) in [6.07, 6.45) is 0. The van der Waals surface area contributed by atoms with Crippen LogP contribution in [-0.4, -0.2) is 72.5 Å². The van der Waals surface area contributed by atoms with E-state index in [1.54, 1.807) is 0 Å². The largest absolute Gasteiger partial charge is 0.462 e. The van der Waals surface area contributed by atoms with Crippen molar-refractivity contribution in [2.45, 2.75) is 0 Å². The zero-order valence-corrected chi connectivity index (χ0v) is 13.3. The van der Waals surface area contributed by atoms with Crippen LogP contribution in [0.25, 0.3) is 0 Å². The number of nitrogens with two attached hydrogens (primary N) is 1. The average molecular weight is 326 g/mol. The number of rotatable bonds is 6. The van der Waals surface area contributed by atoms with Crippen molar-refractivity contribution in [1.29, 1.82) is 0 Å². The second kappa shape index (κ2) is 7.82. The Kier molecular flexibility index (Phi) is 5.54. The van der Waals surface area contributed by atoms with Crippen molar-refractivity contribution in [2.24, 2.45) is 5.84 Å². The van der Waals surface area contributed by atoms with Crippen LogP contribution in [-0.2, 0) is 4.74 Å². The molecule has 0 unspecified atom stereocenters. The summed E-state index contributed by atoms with van der Waals surface area (Å²) in [4.78, 5) is 13.3. The van der Waals surface area contributed by atoms with Crippen molar-refractivity contribution < 1.29 is 9.47 Å². The van der Waals surface area contributed by atoms with E-state index in [9.17, 15) is 0 Å². The van der Waals surface area contributed by atoms with Gasteiger partial charge in [-0.2, -0.15) is 9.97 Å². The van der Waals surface area contributed by atoms with Crippen LogP contribution >= 0.6 is 11.8 Å². The third-order valence-electron chi connectivity index (χ3n) is 3.66. The number of anilines is 2. The Bertz CT molecular complexity index is 480. The smallest absolute Gasteiger partial charge is 0.320 e. The van der Waals surface area contributed by atoms with E-state index in [2.05, 4.69) is 25.2 Å². The number of thioether (sulfide) groups is 1. The van der Waals surface area contributed by atoms with E-state index in [1.165, 1.54) is 0 Å². The molecule has 0 radical (unpaired) electrons. The van der Waals surface area contributed by atoms with Gasteiger partial charge in [-0.1, -0.05) is 0 Å². The van der Waals surface area contributed by atoms with Crippen LogP contribution in [0.15, 0.2) is 6.07 Å². The van der Waals surface area contributed by atoms with Gasteiger partial charge in [0.2, 0.25) is 0 Å². The van der Waals surface area contributed by atoms with E-state index in [0.29, 0.717) is 18.4 Å². The summed E-state index contributed by atoms with van der Waals surface area (Å²) in [5.74, 6) is 8.97. The van der Waals surface area contributed by atoms with Gasteiger partial charge in [0.25, 0.3) is 0 Å². The van der Waals surface area contributed by atoms with Gasteiger partial charge in [0.15, 0.2) is 0 Å². The first-order chi connectivity index (χ1) is 10.8. The van der Waals surface area contributed by atoms with Crippen molar-refractivity contribution >= 4 is 23.4 Å². The number of nitrogen functional groups attached to an aromatic ring is 1. The number of morpholine rings is 1. The van der Waals surface area contributed by atoms with E-state index >= 15 is 0 Å². The molecule has 3 N–H and O–H groups in total. The van der Waals surface area contributed by atoms with Crippen LogP contribution in [0.4, 0.5) is 11.6 Å². The fraction of sp³-hybridized carbons (Fsp3) is 0.692. The molecule has 0 aromatic carbocycles. The van der Waals surface area contributed by atoms with E-state index in [-0.39, 0.29) is 0 Å². The lowest BCUT2D eigenvalue weighted by Crippen LogP contribution is -2.38. The molecule has 122 valence electrons. The summed E-state index contributed by atoms with van der Waals surface area (Å²) in [6, 6.07) is 2.22. The minimum Gasteiger partial charge on any atom is -0.462 e. The molecule has 2 aliphatic rings. The maximum Gasteiger partial charge on any atom is 0.320 e. The maximum atomic E-state index is 5.72. The van der Waals surface area contributed by atoms with Crippen molar-refractivity contribution in [3.05, 3.63) is 6.07 Å². The Morgan fingerprint density at radius 2 is 2.18 bits per heavy atom. The number of nitrogens with zero attached hydrogens (tertiary/aromatic N) is 4. The van der Waals surface area contributed by atoms with Gasteiger partial charge in [-0.15, -0.1) is 11.8 Å². The molecule has 0 amide bonds. The third kappa shape index (κ3) is 4.13. The topological polar surface area (TPSA) is 88.8 Å². The molecule has 3 rings (SSSR count). The van der Waals surface area contributed by atoms with Crippen LogP contribution < -0.4 is 20.9 Å². The standard InChI is InChI=1S/C13H22N6O2S/c14-17-11-9-12(19-4-8-22-10-19)16-13(15-11)21-7-3-18-1-5-20-6-2-18/h9H,1-8,10,14H2,(H,15,16,17). The number of hydrogen-bond acceptors (Lipinski definition) is 9. The molecular weight excluding hydrogens is 304 g/mol. The lowest BCUT2D eigenvalue weighted by Gasteiger charge is -2.26. The summed E-state index contributed by atoms with van der Waals surface area (Å²) in [5.41, 5.74) is 2.58. The SMILES string of the molecule is NNc1cc(N2CCSC2)nc(OCCN2CCOCC2)n1. The van der Waals surface area contributed by atoms with Gasteiger partial charge in [0.05, 0.1) is 19.1 Å². The molecule has 0 atom stereocenters. The van der Waals surface area contributed by atoms with Gasteiger partial charge in [0.1, 0.15) is 18.2 Å². The zero-order chi connectivity index (χ0) is 15.2. The van der Waals surface area contributed by atoms with Gasteiger partial charge >= 0.3 is 6.01 Å². The molecule has 2 fully saturated rings. The van der Waals surface area contributed by atoms with Crippen LogP contribution in [0.5, 0.6) is 6.01 Å². The van der Waals surface area contributed by atoms with Crippen molar-refractivity contribution in [3.63, 3.8) is 0 Å². The molecule has 0 bridgehead atoms. The van der Waals surface area contributed by atoms with Crippen LogP contribution in [0.2, 0.25) is 0 Å². The lowest BCUT2D eigenvalue weighted by atomic mass is 10.4. The highest BCUT2D eigenvalue weighted by molar-refractivity contribution is 7.99. The molecule has 9 heteroatoms. The molecule has 0 aliphatic carbocycles. The normalized spacial score (nSPS) is 19.4. The summed E-state index contributed by atoms with van der Waals surface area (Å²) < 4.78 is 11.0. The second-order valence-electron chi connectivity index (χ2n) is 5.14. The molecule has 1 aromatic rings. The molecule has 0 spiro atoms. The number of aromatic nitrogens is 2. The maximum absolute atomic E-state index is 5.72. The first-order valence-corrected chi connectivity index (χ1v) is 8.62. The molecule has 2 aliphatic heterocycles. The van der Waals surface area contributed by atoms with Crippen molar-refractivity contribution in [3.8, 4) is 6.01 Å². The Morgan fingerprint density at radius 3 is 2.91 bits per heavy atom. The van der Waals surface area contributed by atoms with Crippen LogP contribution in [0.1, 0.15) is 0 Å². The Hall–Kier alpha value is -1.29. The molecule has 0 saturated carbocycles. The minimum absolute atomic E-state index is 0.371. The van der Waals surface area contributed by atoms with Crippen molar-refractivity contribution in [1.82, 2.24) is 14.9 Å². The summed E-state index contributed by atoms with van der Waals surface area (Å²) in [6.45, 7) is 5.87. The Balaban J connectivity index is 1.58. The van der Waals surface area contributed by atoms with Gasteiger partial charge in [-0.3, -0.25) is 4.90 Å². The fourth-order valence-electron chi connectivity index (χ4n) is 2.40. The van der Waals surface area contributed by atoms with E-state index < -0.39 is 0 Å². The molecule has 8 nitrogen and oxygen atoms in total. The van der Waals surface area contributed by atoms with Gasteiger partial charge in [-0.25, -0.2) is 5.84 Å². The minimum atomic E-state index is 0.371. The highest BCUT2D eigenvalue weighted by Crippen LogP contribution is 2.24. The van der Waals surface area contributed by atoms with Crippen LogP contribution in [0, 0.1) is 0 Å². The first kappa shape index (κ1) is 15.6. The average Bonchev–Trinajstić information content (AvgIpc) is 3.10. The zero-order valence-electron chi connectivity index (χ0n) is 12.5. The molecule has 1 aromatic heterocycles. The lowest BCUT2D eigenvalue weighted by molar-refractivity contribution is 0.0317. The molecule has 3 heterocycles. The van der Waals surface area contributed by atoms with Crippen molar-refractivity contribution in [2.75, 3.05) is 68.0 Å². The predicted octanol–water partition coefficient (Wildman–Crippen LogP) is -0.0161. The van der Waals surface area contributed by atoms with Gasteiger partial charge in [-0.05, 0) is 0 Å². The number of nitrogens with one attached hydrogen (secondary N) is 1. The Morgan fingerprint density at radius 1 is 1.32 bits per heavy atom. The third-order valence-corrected chi connectivity index (χ3v) is 4.62. The number of hydrogen-bond donors (Lipinski definition) is 2. The summed E-state index contributed by atoms with van der Waals surface area (Å²) in [7, 11) is 0.